The Labute approximate surface area is 115 Å². The zero-order valence-electron chi connectivity index (χ0n) is 11.0. The molecule has 2 aromatic heterocycles. The highest BCUT2D eigenvalue weighted by atomic mass is 32.1. The van der Waals surface area contributed by atoms with Gasteiger partial charge in [0.25, 0.3) is 0 Å². The van der Waals surface area contributed by atoms with E-state index < -0.39 is 0 Å². The maximum atomic E-state index is 12.2. The zero-order valence-corrected chi connectivity index (χ0v) is 11.8. The number of anilines is 1. The average molecular weight is 276 g/mol. The van der Waals surface area contributed by atoms with Gasteiger partial charge in [-0.1, -0.05) is 0 Å². The number of carbonyl (C=O) groups is 1. The summed E-state index contributed by atoms with van der Waals surface area (Å²) < 4.78 is 0. The van der Waals surface area contributed by atoms with Crippen LogP contribution >= 0.6 is 11.3 Å². The van der Waals surface area contributed by atoms with Crippen LogP contribution in [0.1, 0.15) is 29.3 Å². The molecular formula is C13H16N4OS. The molecule has 2 heterocycles. The third-order valence-electron chi connectivity index (χ3n) is 3.38. The molecule has 1 aliphatic carbocycles. The molecule has 3 rings (SSSR count). The van der Waals surface area contributed by atoms with Gasteiger partial charge in [-0.15, -0.1) is 11.3 Å². The van der Waals surface area contributed by atoms with Crippen molar-refractivity contribution in [2.75, 3.05) is 5.32 Å². The second-order valence-electron chi connectivity index (χ2n) is 4.97. The summed E-state index contributed by atoms with van der Waals surface area (Å²) in [5, 5.41) is 5.53. The summed E-state index contributed by atoms with van der Waals surface area (Å²) >= 11 is 1.47. The molecule has 5 nitrogen and oxygen atoms in total. The molecule has 0 aromatic carbocycles. The molecule has 19 heavy (non-hydrogen) atoms. The fraction of sp³-hybridized carbons (Fsp3) is 0.462. The Morgan fingerprint density at radius 2 is 2.32 bits per heavy atom. The first-order chi connectivity index (χ1) is 9.11. The van der Waals surface area contributed by atoms with Crippen molar-refractivity contribution < 1.29 is 4.79 Å². The standard InChI is InChI=1S/C13H16N4OS/c1-7-6-19-13(14-7)17-12(18)9-3-4-10-11(5-9)16-8(2)15-10/h6,9H,3-5H2,1-2H3,(H,15,16)(H,14,17,18). The summed E-state index contributed by atoms with van der Waals surface area (Å²) in [4.78, 5) is 24.2. The van der Waals surface area contributed by atoms with E-state index >= 15 is 0 Å². The lowest BCUT2D eigenvalue weighted by atomic mass is 9.89. The van der Waals surface area contributed by atoms with Crippen LogP contribution in [0.25, 0.3) is 0 Å². The molecule has 0 radical (unpaired) electrons. The van der Waals surface area contributed by atoms with E-state index in [1.807, 2.05) is 19.2 Å². The first-order valence-corrected chi connectivity index (χ1v) is 7.27. The number of fused-ring (bicyclic) bond motifs is 1. The van der Waals surface area contributed by atoms with Gasteiger partial charge in [-0.3, -0.25) is 4.79 Å². The van der Waals surface area contributed by atoms with Gasteiger partial charge in [0.2, 0.25) is 5.91 Å². The Morgan fingerprint density at radius 3 is 3.05 bits per heavy atom. The second-order valence-corrected chi connectivity index (χ2v) is 5.83. The lowest BCUT2D eigenvalue weighted by molar-refractivity contribution is -0.120. The molecule has 0 bridgehead atoms. The van der Waals surface area contributed by atoms with Crippen molar-refractivity contribution in [2.24, 2.45) is 5.92 Å². The van der Waals surface area contributed by atoms with E-state index in [4.69, 9.17) is 0 Å². The van der Waals surface area contributed by atoms with Gasteiger partial charge in [0.05, 0.1) is 11.4 Å². The quantitative estimate of drug-likeness (QED) is 0.883. The minimum atomic E-state index is 0.0107. The van der Waals surface area contributed by atoms with E-state index in [-0.39, 0.29) is 11.8 Å². The van der Waals surface area contributed by atoms with Gasteiger partial charge in [-0.25, -0.2) is 9.97 Å². The number of nitrogens with one attached hydrogen (secondary N) is 2. The van der Waals surface area contributed by atoms with Crippen LogP contribution in [-0.4, -0.2) is 20.9 Å². The lowest BCUT2D eigenvalue weighted by Crippen LogP contribution is -2.28. The number of hydrogen-bond donors (Lipinski definition) is 2. The highest BCUT2D eigenvalue weighted by molar-refractivity contribution is 7.13. The van der Waals surface area contributed by atoms with Gasteiger partial charge >= 0.3 is 0 Å². The first-order valence-electron chi connectivity index (χ1n) is 6.39. The number of amides is 1. The molecule has 0 saturated carbocycles. The fourth-order valence-corrected chi connectivity index (χ4v) is 3.16. The normalized spacial score (nSPS) is 18.1. The highest BCUT2D eigenvalue weighted by Gasteiger charge is 2.27. The summed E-state index contributed by atoms with van der Waals surface area (Å²) in [5.41, 5.74) is 3.17. The molecule has 1 aliphatic rings. The zero-order chi connectivity index (χ0) is 13.4. The van der Waals surface area contributed by atoms with Crippen molar-refractivity contribution in [3.05, 3.63) is 28.3 Å². The molecule has 1 unspecified atom stereocenters. The van der Waals surface area contributed by atoms with Crippen molar-refractivity contribution in [3.63, 3.8) is 0 Å². The Hall–Kier alpha value is -1.69. The van der Waals surface area contributed by atoms with Gasteiger partial charge < -0.3 is 10.3 Å². The highest BCUT2D eigenvalue weighted by Crippen LogP contribution is 2.25. The number of aromatic nitrogens is 3. The Bertz CT molecular complexity index is 616. The van der Waals surface area contributed by atoms with Crippen LogP contribution < -0.4 is 5.32 Å². The summed E-state index contributed by atoms with van der Waals surface area (Å²) in [5.74, 6) is 1.01. The minimum Gasteiger partial charge on any atom is -0.346 e. The molecule has 2 N–H and O–H groups in total. The molecule has 6 heteroatoms. The molecular weight excluding hydrogens is 260 g/mol. The van der Waals surface area contributed by atoms with Crippen molar-refractivity contribution in [3.8, 4) is 0 Å². The van der Waals surface area contributed by atoms with Crippen molar-refractivity contribution in [1.82, 2.24) is 15.0 Å². The minimum absolute atomic E-state index is 0.0107. The predicted molar refractivity (Wildman–Crippen MR) is 74.3 cm³/mol. The number of thiazole rings is 1. The third-order valence-corrected chi connectivity index (χ3v) is 4.26. The molecule has 0 saturated heterocycles. The fourth-order valence-electron chi connectivity index (χ4n) is 2.47. The lowest BCUT2D eigenvalue weighted by Gasteiger charge is -2.19. The molecule has 1 amide bonds. The number of aromatic amines is 1. The van der Waals surface area contributed by atoms with Crippen LogP contribution in [0.15, 0.2) is 5.38 Å². The van der Waals surface area contributed by atoms with Crippen LogP contribution in [0.2, 0.25) is 0 Å². The maximum Gasteiger partial charge on any atom is 0.229 e. The van der Waals surface area contributed by atoms with Crippen LogP contribution in [0.4, 0.5) is 5.13 Å². The monoisotopic (exact) mass is 276 g/mol. The van der Waals surface area contributed by atoms with Gasteiger partial charge in [0, 0.05) is 23.4 Å². The van der Waals surface area contributed by atoms with Crippen molar-refractivity contribution >= 4 is 22.4 Å². The number of H-pyrrole nitrogens is 1. The number of rotatable bonds is 2. The Balaban J connectivity index is 1.69. The number of aryl methyl sites for hydroxylation is 3. The molecule has 0 aliphatic heterocycles. The van der Waals surface area contributed by atoms with Crippen LogP contribution in [0, 0.1) is 19.8 Å². The van der Waals surface area contributed by atoms with E-state index in [1.54, 1.807) is 0 Å². The second kappa shape index (κ2) is 4.77. The Morgan fingerprint density at radius 1 is 1.47 bits per heavy atom. The average Bonchev–Trinajstić information content (AvgIpc) is 2.93. The molecule has 0 fully saturated rings. The molecule has 2 aromatic rings. The van der Waals surface area contributed by atoms with E-state index in [2.05, 4.69) is 20.3 Å². The smallest absolute Gasteiger partial charge is 0.229 e. The molecule has 100 valence electrons. The molecule has 0 spiro atoms. The van der Waals surface area contributed by atoms with Crippen LogP contribution in [0.5, 0.6) is 0 Å². The van der Waals surface area contributed by atoms with Gasteiger partial charge in [-0.2, -0.15) is 0 Å². The summed E-state index contributed by atoms with van der Waals surface area (Å²) in [6, 6.07) is 0. The van der Waals surface area contributed by atoms with E-state index in [0.717, 1.165) is 42.2 Å². The largest absolute Gasteiger partial charge is 0.346 e. The van der Waals surface area contributed by atoms with E-state index in [0.29, 0.717) is 5.13 Å². The van der Waals surface area contributed by atoms with Gasteiger partial charge in [-0.05, 0) is 26.7 Å². The van der Waals surface area contributed by atoms with E-state index in [9.17, 15) is 4.79 Å². The maximum absolute atomic E-state index is 12.2. The summed E-state index contributed by atoms with van der Waals surface area (Å²) in [6.07, 6.45) is 2.47. The number of hydrogen-bond acceptors (Lipinski definition) is 4. The van der Waals surface area contributed by atoms with E-state index in [1.165, 1.54) is 11.3 Å². The van der Waals surface area contributed by atoms with Crippen molar-refractivity contribution in [1.29, 1.82) is 0 Å². The van der Waals surface area contributed by atoms with Crippen molar-refractivity contribution in [2.45, 2.75) is 33.1 Å². The SMILES string of the molecule is Cc1csc(NC(=O)C2CCc3nc(C)[nH]c3C2)n1. The van der Waals surface area contributed by atoms with Crippen LogP contribution in [0.3, 0.4) is 0 Å². The molecule has 1 atom stereocenters. The van der Waals surface area contributed by atoms with Gasteiger partial charge in [0.1, 0.15) is 5.82 Å². The Kier molecular flexibility index (Phi) is 3.10. The summed E-state index contributed by atoms with van der Waals surface area (Å²) in [6.45, 7) is 3.87. The number of nitrogens with zero attached hydrogens (tertiary/aromatic N) is 2. The predicted octanol–water partition coefficient (Wildman–Crippen LogP) is 2.23. The van der Waals surface area contributed by atoms with Crippen LogP contribution in [-0.2, 0) is 17.6 Å². The number of imidazole rings is 1. The number of carbonyl (C=O) groups excluding carboxylic acids is 1. The summed E-state index contributed by atoms with van der Waals surface area (Å²) in [7, 11) is 0. The topological polar surface area (TPSA) is 70.7 Å². The third kappa shape index (κ3) is 2.53. The first kappa shape index (κ1) is 12.3. The van der Waals surface area contributed by atoms with Gasteiger partial charge in [0.15, 0.2) is 5.13 Å².